The predicted molar refractivity (Wildman–Crippen MR) is 113 cm³/mol. The van der Waals surface area contributed by atoms with Gasteiger partial charge in [0.25, 0.3) is 0 Å². The van der Waals surface area contributed by atoms with Crippen LogP contribution in [0.5, 0.6) is 0 Å². The summed E-state index contributed by atoms with van der Waals surface area (Å²) in [4.78, 5) is 61.5. The van der Waals surface area contributed by atoms with E-state index in [1.165, 1.54) is 23.6 Å². The van der Waals surface area contributed by atoms with Crippen molar-refractivity contribution in [3.05, 3.63) is 0 Å². The number of carboxylic acid groups (broad SMARTS) is 1. The Bertz CT molecular complexity index is 690. The molecule has 1 saturated heterocycles. The summed E-state index contributed by atoms with van der Waals surface area (Å²) in [7, 11) is 0. The summed E-state index contributed by atoms with van der Waals surface area (Å²) in [5.74, 6) is -3.64. The number of aliphatic carboxylic acids is 1. The number of hydrogen-bond donors (Lipinski definition) is 6. The lowest BCUT2D eigenvalue weighted by Crippen LogP contribution is -2.60. The van der Waals surface area contributed by atoms with Gasteiger partial charge in [-0.1, -0.05) is 0 Å². The molecule has 31 heavy (non-hydrogen) atoms. The van der Waals surface area contributed by atoms with Crippen LogP contribution >= 0.6 is 11.8 Å². The Kier molecular flexibility index (Phi) is 10.7. The van der Waals surface area contributed by atoms with Gasteiger partial charge in [-0.25, -0.2) is 4.79 Å². The SMILES string of the molecule is CSCCC(NC(=O)C(NC(=O)C(N)CC(N)=O)C(C)O)C(=O)N1CCCC1C(=O)O. The molecular formula is C18H31N5O7S. The first-order chi connectivity index (χ1) is 14.5. The number of aliphatic hydroxyl groups excluding tert-OH is 1. The molecule has 1 aliphatic rings. The fourth-order valence-corrected chi connectivity index (χ4v) is 3.69. The first-order valence-corrected chi connectivity index (χ1v) is 11.2. The van der Waals surface area contributed by atoms with Gasteiger partial charge in [-0.15, -0.1) is 0 Å². The van der Waals surface area contributed by atoms with Gasteiger partial charge in [0.05, 0.1) is 18.6 Å². The van der Waals surface area contributed by atoms with E-state index in [2.05, 4.69) is 10.6 Å². The Balaban J connectivity index is 2.93. The van der Waals surface area contributed by atoms with Crippen molar-refractivity contribution in [3.63, 3.8) is 0 Å². The minimum absolute atomic E-state index is 0.232. The molecule has 12 nitrogen and oxygen atoms in total. The summed E-state index contributed by atoms with van der Waals surface area (Å²) >= 11 is 1.44. The van der Waals surface area contributed by atoms with Crippen molar-refractivity contribution in [2.24, 2.45) is 11.5 Å². The summed E-state index contributed by atoms with van der Waals surface area (Å²) in [5, 5.41) is 24.1. The van der Waals surface area contributed by atoms with Crippen LogP contribution in [0.25, 0.3) is 0 Å². The van der Waals surface area contributed by atoms with Crippen molar-refractivity contribution in [2.45, 2.75) is 62.9 Å². The third-order valence-corrected chi connectivity index (χ3v) is 5.51. The zero-order chi connectivity index (χ0) is 23.7. The molecule has 0 aromatic carbocycles. The van der Waals surface area contributed by atoms with E-state index in [0.717, 1.165) is 0 Å². The standard InChI is InChI=1S/C18H31N5O7S/c1-9(24)14(22-15(26)10(19)8-13(20)25)16(27)21-11(5-7-31-2)17(28)23-6-3-4-12(23)18(29)30/h9-12,14,24H,3-8,19H2,1-2H3,(H2,20,25)(H,21,27)(H,22,26)(H,29,30). The minimum atomic E-state index is -1.44. The zero-order valence-corrected chi connectivity index (χ0v) is 18.4. The molecule has 5 atom stereocenters. The number of amides is 4. The number of hydrogen-bond acceptors (Lipinski definition) is 8. The van der Waals surface area contributed by atoms with Gasteiger partial charge in [0.15, 0.2) is 0 Å². The third-order valence-electron chi connectivity index (χ3n) is 4.87. The van der Waals surface area contributed by atoms with Crippen LogP contribution in [0, 0.1) is 0 Å². The first kappa shape index (κ1) is 26.7. The number of likely N-dealkylation sites (tertiary alicyclic amines) is 1. The summed E-state index contributed by atoms with van der Waals surface area (Å²) in [6.07, 6.45) is 1.14. The number of aliphatic hydroxyl groups is 1. The Morgan fingerprint density at radius 2 is 1.84 bits per heavy atom. The van der Waals surface area contributed by atoms with Gasteiger partial charge >= 0.3 is 5.97 Å². The maximum Gasteiger partial charge on any atom is 0.326 e. The fourth-order valence-electron chi connectivity index (χ4n) is 3.22. The van der Waals surface area contributed by atoms with Crippen molar-refractivity contribution in [3.8, 4) is 0 Å². The van der Waals surface area contributed by atoms with Gasteiger partial charge in [0.2, 0.25) is 23.6 Å². The summed E-state index contributed by atoms with van der Waals surface area (Å²) in [6, 6.07) is -4.73. The molecule has 0 saturated carbocycles. The number of rotatable bonds is 12. The summed E-state index contributed by atoms with van der Waals surface area (Å²) < 4.78 is 0. The smallest absolute Gasteiger partial charge is 0.326 e. The molecule has 1 heterocycles. The molecule has 5 unspecified atom stereocenters. The van der Waals surface area contributed by atoms with Crippen molar-refractivity contribution in [1.82, 2.24) is 15.5 Å². The quantitative estimate of drug-likeness (QED) is 0.179. The Morgan fingerprint density at radius 3 is 2.35 bits per heavy atom. The van der Waals surface area contributed by atoms with Gasteiger partial charge in [-0.3, -0.25) is 19.2 Å². The van der Waals surface area contributed by atoms with Crippen LogP contribution in [-0.2, 0) is 24.0 Å². The zero-order valence-electron chi connectivity index (χ0n) is 17.6. The van der Waals surface area contributed by atoms with Crippen molar-refractivity contribution < 1.29 is 34.2 Å². The van der Waals surface area contributed by atoms with E-state index in [9.17, 15) is 34.2 Å². The number of nitrogens with two attached hydrogens (primary N) is 2. The van der Waals surface area contributed by atoms with E-state index in [0.29, 0.717) is 18.6 Å². The number of carbonyl (C=O) groups is 5. The highest BCUT2D eigenvalue weighted by atomic mass is 32.2. The van der Waals surface area contributed by atoms with Crippen molar-refractivity contribution in [2.75, 3.05) is 18.6 Å². The van der Waals surface area contributed by atoms with Crippen LogP contribution in [0.1, 0.15) is 32.6 Å². The summed E-state index contributed by atoms with van der Waals surface area (Å²) in [5.41, 5.74) is 10.6. The van der Waals surface area contributed by atoms with E-state index < -0.39 is 66.3 Å². The van der Waals surface area contributed by atoms with E-state index in [-0.39, 0.29) is 13.0 Å². The Labute approximate surface area is 184 Å². The van der Waals surface area contributed by atoms with E-state index in [4.69, 9.17) is 11.5 Å². The summed E-state index contributed by atoms with van der Waals surface area (Å²) in [6.45, 7) is 1.53. The van der Waals surface area contributed by atoms with Gasteiger partial charge in [-0.2, -0.15) is 11.8 Å². The molecule has 0 aromatic heterocycles. The average Bonchev–Trinajstić information content (AvgIpc) is 3.17. The molecule has 0 aromatic rings. The van der Waals surface area contributed by atoms with Gasteiger partial charge in [-0.05, 0) is 38.2 Å². The van der Waals surface area contributed by atoms with Crippen LogP contribution in [0.3, 0.4) is 0 Å². The van der Waals surface area contributed by atoms with E-state index in [1.54, 1.807) is 0 Å². The largest absolute Gasteiger partial charge is 0.480 e. The molecular weight excluding hydrogens is 430 g/mol. The number of primary amides is 1. The number of nitrogens with one attached hydrogen (secondary N) is 2. The number of carbonyl (C=O) groups excluding carboxylic acids is 4. The molecule has 0 bridgehead atoms. The van der Waals surface area contributed by atoms with Crippen LogP contribution in [-0.4, -0.2) is 93.5 Å². The highest BCUT2D eigenvalue weighted by Crippen LogP contribution is 2.19. The molecule has 13 heteroatoms. The highest BCUT2D eigenvalue weighted by molar-refractivity contribution is 7.98. The minimum Gasteiger partial charge on any atom is -0.480 e. The van der Waals surface area contributed by atoms with Crippen LogP contribution < -0.4 is 22.1 Å². The monoisotopic (exact) mass is 461 g/mol. The van der Waals surface area contributed by atoms with Gasteiger partial charge in [0, 0.05) is 6.54 Å². The highest BCUT2D eigenvalue weighted by Gasteiger charge is 2.38. The first-order valence-electron chi connectivity index (χ1n) is 9.84. The lowest BCUT2D eigenvalue weighted by Gasteiger charge is -2.29. The molecule has 0 spiro atoms. The van der Waals surface area contributed by atoms with Crippen LogP contribution in [0.2, 0.25) is 0 Å². The Hall–Kier alpha value is -2.38. The molecule has 8 N–H and O–H groups in total. The van der Waals surface area contributed by atoms with Gasteiger partial charge < -0.3 is 37.2 Å². The van der Waals surface area contributed by atoms with Crippen LogP contribution in [0.15, 0.2) is 0 Å². The number of thioether (sulfide) groups is 1. The van der Waals surface area contributed by atoms with Crippen LogP contribution in [0.4, 0.5) is 0 Å². The molecule has 1 aliphatic heterocycles. The molecule has 1 fully saturated rings. The van der Waals surface area contributed by atoms with Crippen molar-refractivity contribution >= 4 is 41.4 Å². The lowest BCUT2D eigenvalue weighted by atomic mass is 10.1. The lowest BCUT2D eigenvalue weighted by molar-refractivity contribution is -0.149. The normalized spacial score (nSPS) is 19.7. The number of carboxylic acids is 1. The second-order valence-corrected chi connectivity index (χ2v) is 8.36. The Morgan fingerprint density at radius 1 is 1.19 bits per heavy atom. The second-order valence-electron chi connectivity index (χ2n) is 7.37. The maximum absolute atomic E-state index is 13.0. The molecule has 176 valence electrons. The van der Waals surface area contributed by atoms with E-state index >= 15 is 0 Å². The number of nitrogens with zero attached hydrogens (tertiary/aromatic N) is 1. The fraction of sp³-hybridized carbons (Fsp3) is 0.722. The van der Waals surface area contributed by atoms with Gasteiger partial charge in [0.1, 0.15) is 18.1 Å². The third kappa shape index (κ3) is 7.99. The maximum atomic E-state index is 13.0. The molecule has 1 rings (SSSR count). The van der Waals surface area contributed by atoms with Crippen molar-refractivity contribution in [1.29, 1.82) is 0 Å². The van der Waals surface area contributed by atoms with E-state index in [1.807, 2.05) is 6.26 Å². The second kappa shape index (κ2) is 12.5. The average molecular weight is 462 g/mol. The topological polar surface area (TPSA) is 205 Å². The predicted octanol–water partition coefficient (Wildman–Crippen LogP) is -2.63. The molecule has 4 amide bonds. The molecule has 0 aliphatic carbocycles. The molecule has 0 radical (unpaired) electrons.